The predicted octanol–water partition coefficient (Wildman–Crippen LogP) is 1.75. The molecule has 0 aliphatic carbocycles. The van der Waals surface area contributed by atoms with E-state index in [0.29, 0.717) is 11.7 Å². The second kappa shape index (κ2) is 5.17. The number of rotatable bonds is 4. The summed E-state index contributed by atoms with van der Waals surface area (Å²) in [5.74, 6) is 0.875. The Morgan fingerprint density at radius 2 is 2.28 bits per heavy atom. The van der Waals surface area contributed by atoms with Crippen LogP contribution >= 0.6 is 15.9 Å². The molecule has 5 nitrogen and oxygen atoms in total. The van der Waals surface area contributed by atoms with Crippen LogP contribution in [0, 0.1) is 0 Å². The number of nitrogens with zero attached hydrogens (tertiary/aromatic N) is 2. The van der Waals surface area contributed by atoms with Gasteiger partial charge in [0.2, 0.25) is 11.7 Å². The molecule has 0 fully saturated rings. The van der Waals surface area contributed by atoms with E-state index in [4.69, 9.17) is 10.3 Å². The highest BCUT2D eigenvalue weighted by atomic mass is 79.9. The van der Waals surface area contributed by atoms with Crippen LogP contribution in [0.4, 0.5) is 0 Å². The molecule has 18 heavy (non-hydrogen) atoms. The van der Waals surface area contributed by atoms with E-state index in [1.807, 2.05) is 24.3 Å². The van der Waals surface area contributed by atoms with Gasteiger partial charge in [0.05, 0.1) is 12.0 Å². The van der Waals surface area contributed by atoms with E-state index in [2.05, 4.69) is 26.1 Å². The largest absolute Gasteiger partial charge is 0.388 e. The third-order valence-corrected chi connectivity index (χ3v) is 3.02. The molecule has 0 aliphatic heterocycles. The average Bonchev–Trinajstić information content (AvgIpc) is 2.77. The molecule has 3 N–H and O–H groups in total. The summed E-state index contributed by atoms with van der Waals surface area (Å²) in [6.45, 7) is 1.78. The predicted molar refractivity (Wildman–Crippen MR) is 70.8 cm³/mol. The molecule has 1 heterocycles. The minimum atomic E-state index is -1.03. The van der Waals surface area contributed by atoms with E-state index in [9.17, 15) is 5.11 Å². The molecule has 0 saturated carbocycles. The van der Waals surface area contributed by atoms with Gasteiger partial charge in [-0.25, -0.2) is 0 Å². The molecule has 2 rings (SSSR count). The lowest BCUT2D eigenvalue weighted by molar-refractivity contribution is 0.0610. The van der Waals surface area contributed by atoms with Gasteiger partial charge < -0.3 is 15.4 Å². The summed E-state index contributed by atoms with van der Waals surface area (Å²) >= 11 is 3.38. The van der Waals surface area contributed by atoms with Gasteiger partial charge in [0, 0.05) is 16.6 Å². The van der Waals surface area contributed by atoms with Crippen LogP contribution in [-0.4, -0.2) is 27.4 Å². The highest BCUT2D eigenvalue weighted by molar-refractivity contribution is 9.10. The third kappa shape index (κ3) is 3.16. The van der Waals surface area contributed by atoms with Crippen molar-refractivity contribution in [2.24, 2.45) is 5.73 Å². The fraction of sp³-hybridized carbons (Fsp3) is 0.333. The van der Waals surface area contributed by atoms with Gasteiger partial charge in [-0.15, -0.1) is 0 Å². The Morgan fingerprint density at radius 1 is 1.50 bits per heavy atom. The molecule has 0 aliphatic rings. The lowest BCUT2D eigenvalue weighted by Crippen LogP contribution is -2.36. The van der Waals surface area contributed by atoms with E-state index in [1.54, 1.807) is 6.92 Å². The number of nitrogens with two attached hydrogens (primary N) is 1. The SMILES string of the molecule is CC(O)(CN)Cc1nc(-c2cccc(Br)c2)no1. The van der Waals surface area contributed by atoms with Gasteiger partial charge in [0.15, 0.2) is 0 Å². The van der Waals surface area contributed by atoms with Crippen molar-refractivity contribution in [1.29, 1.82) is 0 Å². The van der Waals surface area contributed by atoms with Gasteiger partial charge in [0.1, 0.15) is 0 Å². The number of benzene rings is 1. The van der Waals surface area contributed by atoms with Crippen molar-refractivity contribution in [3.63, 3.8) is 0 Å². The maximum atomic E-state index is 9.84. The first kappa shape index (κ1) is 13.2. The molecule has 1 unspecified atom stereocenters. The van der Waals surface area contributed by atoms with Crippen LogP contribution < -0.4 is 5.73 Å². The molecule has 0 bridgehead atoms. The summed E-state index contributed by atoms with van der Waals surface area (Å²) in [6, 6.07) is 7.60. The monoisotopic (exact) mass is 311 g/mol. The second-order valence-corrected chi connectivity index (χ2v) is 5.32. The van der Waals surface area contributed by atoms with Gasteiger partial charge in [-0.2, -0.15) is 4.98 Å². The lowest BCUT2D eigenvalue weighted by atomic mass is 10.0. The Hall–Kier alpha value is -1.24. The number of aromatic nitrogens is 2. The minimum absolute atomic E-state index is 0.140. The number of halogens is 1. The topological polar surface area (TPSA) is 85.2 Å². The molecule has 96 valence electrons. The van der Waals surface area contributed by atoms with Gasteiger partial charge in [-0.05, 0) is 19.1 Å². The van der Waals surface area contributed by atoms with Crippen LogP contribution in [0.25, 0.3) is 11.4 Å². The van der Waals surface area contributed by atoms with Crippen molar-refractivity contribution in [3.05, 3.63) is 34.6 Å². The summed E-state index contributed by atoms with van der Waals surface area (Å²) in [5.41, 5.74) is 5.27. The molecular weight excluding hydrogens is 298 g/mol. The van der Waals surface area contributed by atoms with Gasteiger partial charge in [-0.3, -0.25) is 0 Å². The van der Waals surface area contributed by atoms with Crippen LogP contribution in [0.5, 0.6) is 0 Å². The minimum Gasteiger partial charge on any atom is -0.388 e. The summed E-state index contributed by atoms with van der Waals surface area (Å²) in [4.78, 5) is 4.24. The number of hydrogen-bond donors (Lipinski definition) is 2. The molecule has 1 aromatic carbocycles. The third-order valence-electron chi connectivity index (χ3n) is 2.52. The molecule has 0 spiro atoms. The molecular formula is C12H14BrN3O2. The first-order chi connectivity index (χ1) is 8.50. The fourth-order valence-electron chi connectivity index (χ4n) is 1.47. The second-order valence-electron chi connectivity index (χ2n) is 4.40. The van der Waals surface area contributed by atoms with E-state index in [0.717, 1.165) is 10.0 Å². The highest BCUT2D eigenvalue weighted by Gasteiger charge is 2.22. The van der Waals surface area contributed by atoms with E-state index in [-0.39, 0.29) is 13.0 Å². The summed E-state index contributed by atoms with van der Waals surface area (Å²) in [6.07, 6.45) is 0.241. The molecule has 0 amide bonds. The molecule has 2 aromatic rings. The van der Waals surface area contributed by atoms with Crippen LogP contribution in [0.1, 0.15) is 12.8 Å². The zero-order valence-electron chi connectivity index (χ0n) is 9.93. The van der Waals surface area contributed by atoms with Crippen LogP contribution in [-0.2, 0) is 6.42 Å². The lowest BCUT2D eigenvalue weighted by Gasteiger charge is -2.17. The highest BCUT2D eigenvalue weighted by Crippen LogP contribution is 2.21. The summed E-state index contributed by atoms with van der Waals surface area (Å²) in [7, 11) is 0. The van der Waals surface area contributed by atoms with Crippen molar-refractivity contribution in [2.45, 2.75) is 18.9 Å². The molecule has 1 atom stereocenters. The Morgan fingerprint density at radius 3 is 2.94 bits per heavy atom. The van der Waals surface area contributed by atoms with Crippen molar-refractivity contribution in [1.82, 2.24) is 10.1 Å². The molecule has 0 radical (unpaired) electrons. The van der Waals surface area contributed by atoms with Gasteiger partial charge in [0.25, 0.3) is 0 Å². The molecule has 0 saturated heterocycles. The van der Waals surface area contributed by atoms with E-state index >= 15 is 0 Å². The quantitative estimate of drug-likeness (QED) is 0.898. The fourth-order valence-corrected chi connectivity index (χ4v) is 1.87. The smallest absolute Gasteiger partial charge is 0.229 e. The van der Waals surface area contributed by atoms with Crippen molar-refractivity contribution < 1.29 is 9.63 Å². The average molecular weight is 312 g/mol. The zero-order valence-corrected chi connectivity index (χ0v) is 11.5. The maximum Gasteiger partial charge on any atom is 0.229 e. The van der Waals surface area contributed by atoms with E-state index < -0.39 is 5.60 Å². The number of aliphatic hydroxyl groups is 1. The van der Waals surface area contributed by atoms with E-state index in [1.165, 1.54) is 0 Å². The summed E-state index contributed by atoms with van der Waals surface area (Å²) in [5, 5.41) is 13.7. The Kier molecular flexibility index (Phi) is 3.79. The van der Waals surface area contributed by atoms with Crippen LogP contribution in [0.2, 0.25) is 0 Å². The summed E-state index contributed by atoms with van der Waals surface area (Å²) < 4.78 is 6.05. The van der Waals surface area contributed by atoms with Gasteiger partial charge in [-0.1, -0.05) is 33.2 Å². The maximum absolute atomic E-state index is 9.84. The Labute approximate surface area is 113 Å². The Balaban J connectivity index is 2.21. The van der Waals surface area contributed by atoms with Crippen molar-refractivity contribution >= 4 is 15.9 Å². The Bertz CT molecular complexity index is 540. The van der Waals surface area contributed by atoms with Crippen LogP contribution in [0.3, 0.4) is 0 Å². The first-order valence-electron chi connectivity index (χ1n) is 5.51. The van der Waals surface area contributed by atoms with Crippen molar-refractivity contribution in [3.8, 4) is 11.4 Å². The van der Waals surface area contributed by atoms with Crippen molar-refractivity contribution in [2.75, 3.05) is 6.54 Å². The first-order valence-corrected chi connectivity index (χ1v) is 6.30. The number of hydrogen-bond acceptors (Lipinski definition) is 5. The standard InChI is InChI=1S/C12H14BrN3O2/c1-12(17,7-14)6-10-15-11(16-18-10)8-3-2-4-9(13)5-8/h2-5,17H,6-7,14H2,1H3. The normalized spacial score (nSPS) is 14.4. The van der Waals surface area contributed by atoms with Crippen LogP contribution in [0.15, 0.2) is 33.3 Å². The van der Waals surface area contributed by atoms with Gasteiger partial charge >= 0.3 is 0 Å². The molecule has 1 aromatic heterocycles. The molecule has 6 heteroatoms. The zero-order chi connectivity index (χ0) is 13.2.